The minimum Gasteiger partial charge on any atom is -0.354 e. The zero-order valence-electron chi connectivity index (χ0n) is 13.9. The van der Waals surface area contributed by atoms with E-state index in [9.17, 15) is 9.59 Å². The molecule has 2 amide bonds. The highest BCUT2D eigenvalue weighted by Crippen LogP contribution is 2.19. The third-order valence-corrected chi connectivity index (χ3v) is 4.14. The Morgan fingerprint density at radius 3 is 2.46 bits per heavy atom. The number of hydrogen-bond donors (Lipinski definition) is 1. The van der Waals surface area contributed by atoms with Crippen molar-refractivity contribution in [3.05, 3.63) is 64.1 Å². The van der Waals surface area contributed by atoms with E-state index >= 15 is 0 Å². The zero-order valence-corrected chi connectivity index (χ0v) is 15.5. The largest absolute Gasteiger partial charge is 0.354 e. The van der Waals surface area contributed by atoms with Crippen LogP contribution in [0.2, 0.25) is 0 Å². The van der Waals surface area contributed by atoms with Crippen molar-refractivity contribution in [2.24, 2.45) is 0 Å². The molecule has 4 nitrogen and oxygen atoms in total. The predicted molar refractivity (Wildman–Crippen MR) is 100 cm³/mol. The number of amides is 2. The Bertz CT molecular complexity index is 714. The number of nitrogens with one attached hydrogen (secondary N) is 1. The van der Waals surface area contributed by atoms with Gasteiger partial charge >= 0.3 is 0 Å². The lowest BCUT2D eigenvalue weighted by Gasteiger charge is -2.21. The minimum absolute atomic E-state index is 0.0448. The van der Waals surface area contributed by atoms with Crippen molar-refractivity contribution in [3.63, 3.8) is 0 Å². The molecule has 5 heteroatoms. The van der Waals surface area contributed by atoms with E-state index in [2.05, 4.69) is 21.2 Å². The van der Waals surface area contributed by atoms with E-state index in [-0.39, 0.29) is 11.8 Å². The normalized spacial score (nSPS) is 10.3. The second-order valence-corrected chi connectivity index (χ2v) is 6.58. The van der Waals surface area contributed by atoms with Gasteiger partial charge in [0.1, 0.15) is 0 Å². The summed E-state index contributed by atoms with van der Waals surface area (Å²) < 4.78 is 0.912. The van der Waals surface area contributed by atoms with Crippen molar-refractivity contribution in [1.29, 1.82) is 0 Å². The molecule has 0 radical (unpaired) electrons. The number of rotatable bonds is 6. The molecule has 1 N–H and O–H groups in total. The third kappa shape index (κ3) is 5.49. The lowest BCUT2D eigenvalue weighted by atomic mass is 10.1. The lowest BCUT2D eigenvalue weighted by Crippen LogP contribution is -2.38. The van der Waals surface area contributed by atoms with Gasteiger partial charge in [0.25, 0.3) is 0 Å². The number of hydrogen-bond acceptors (Lipinski definition) is 2. The quantitative estimate of drug-likeness (QED) is 0.823. The van der Waals surface area contributed by atoms with Crippen LogP contribution in [0.4, 0.5) is 5.69 Å². The van der Waals surface area contributed by atoms with Gasteiger partial charge in [-0.3, -0.25) is 9.59 Å². The van der Waals surface area contributed by atoms with Gasteiger partial charge in [0.15, 0.2) is 0 Å². The Morgan fingerprint density at radius 2 is 1.83 bits per heavy atom. The SMILES string of the molecule is CC(=O)N(CCNC(=O)Cc1ccc(C)cc1)c1cccc(Br)c1. The molecule has 0 aliphatic rings. The summed E-state index contributed by atoms with van der Waals surface area (Å²) >= 11 is 3.41. The topological polar surface area (TPSA) is 49.4 Å². The molecule has 0 bridgehead atoms. The maximum atomic E-state index is 12.0. The monoisotopic (exact) mass is 388 g/mol. The summed E-state index contributed by atoms with van der Waals surface area (Å²) in [4.78, 5) is 25.5. The molecule has 0 aromatic heterocycles. The van der Waals surface area contributed by atoms with Crippen molar-refractivity contribution >= 4 is 33.4 Å². The number of anilines is 1. The molecule has 126 valence electrons. The van der Waals surface area contributed by atoms with Gasteiger partial charge < -0.3 is 10.2 Å². The van der Waals surface area contributed by atoms with E-state index in [4.69, 9.17) is 0 Å². The molecule has 0 aliphatic carbocycles. The average Bonchev–Trinajstić information content (AvgIpc) is 2.53. The number of nitrogens with zero attached hydrogens (tertiary/aromatic N) is 1. The maximum absolute atomic E-state index is 12.0. The van der Waals surface area contributed by atoms with Crippen molar-refractivity contribution in [3.8, 4) is 0 Å². The highest BCUT2D eigenvalue weighted by Gasteiger charge is 2.12. The van der Waals surface area contributed by atoms with Crippen LogP contribution in [-0.2, 0) is 16.0 Å². The highest BCUT2D eigenvalue weighted by atomic mass is 79.9. The molecule has 0 aliphatic heterocycles. The Balaban J connectivity index is 1.87. The molecule has 2 aromatic rings. The van der Waals surface area contributed by atoms with E-state index in [0.29, 0.717) is 19.5 Å². The summed E-state index contributed by atoms with van der Waals surface area (Å²) in [5, 5.41) is 2.87. The third-order valence-electron chi connectivity index (χ3n) is 3.64. The van der Waals surface area contributed by atoms with Crippen molar-refractivity contribution in [2.45, 2.75) is 20.3 Å². The fraction of sp³-hybridized carbons (Fsp3) is 0.263. The van der Waals surface area contributed by atoms with Gasteiger partial charge in [0, 0.05) is 30.2 Å². The van der Waals surface area contributed by atoms with Gasteiger partial charge in [-0.2, -0.15) is 0 Å². The van der Waals surface area contributed by atoms with E-state index in [0.717, 1.165) is 15.7 Å². The Kier molecular flexibility index (Phi) is 6.55. The maximum Gasteiger partial charge on any atom is 0.224 e. The first kappa shape index (κ1) is 18.2. The first-order valence-electron chi connectivity index (χ1n) is 7.81. The van der Waals surface area contributed by atoms with Crippen molar-refractivity contribution in [2.75, 3.05) is 18.0 Å². The lowest BCUT2D eigenvalue weighted by molar-refractivity contribution is -0.121. The van der Waals surface area contributed by atoms with Gasteiger partial charge in [0.2, 0.25) is 11.8 Å². The molecular weight excluding hydrogens is 368 g/mol. The molecule has 0 spiro atoms. The van der Waals surface area contributed by atoms with Gasteiger partial charge in [-0.1, -0.05) is 51.8 Å². The molecule has 0 saturated heterocycles. The number of carbonyl (C=O) groups excluding carboxylic acids is 2. The van der Waals surface area contributed by atoms with Gasteiger partial charge in [-0.25, -0.2) is 0 Å². The molecule has 0 fully saturated rings. The van der Waals surface area contributed by atoms with E-state index in [1.165, 1.54) is 12.5 Å². The first-order chi connectivity index (χ1) is 11.5. The molecule has 0 atom stereocenters. The number of halogens is 1. The number of benzene rings is 2. The summed E-state index contributed by atoms with van der Waals surface area (Å²) in [7, 11) is 0. The summed E-state index contributed by atoms with van der Waals surface area (Å²) in [6.45, 7) is 4.39. The minimum atomic E-state index is -0.0547. The van der Waals surface area contributed by atoms with Crippen LogP contribution < -0.4 is 10.2 Å². The van der Waals surface area contributed by atoms with Gasteiger partial charge in [-0.05, 0) is 30.7 Å². The molecular formula is C19H21BrN2O2. The first-order valence-corrected chi connectivity index (χ1v) is 8.61. The second kappa shape index (κ2) is 8.64. The van der Waals surface area contributed by atoms with Crippen LogP contribution in [0.5, 0.6) is 0 Å². The smallest absolute Gasteiger partial charge is 0.224 e. The van der Waals surface area contributed by atoms with Crippen LogP contribution in [-0.4, -0.2) is 24.9 Å². The average molecular weight is 389 g/mol. The van der Waals surface area contributed by atoms with Gasteiger partial charge in [0.05, 0.1) is 6.42 Å². The summed E-state index contributed by atoms with van der Waals surface area (Å²) in [5.74, 6) is -0.0996. The molecule has 0 saturated carbocycles. The predicted octanol–water partition coefficient (Wildman–Crippen LogP) is 3.47. The van der Waals surface area contributed by atoms with E-state index in [1.807, 2.05) is 55.5 Å². The Labute approximate surface area is 151 Å². The van der Waals surface area contributed by atoms with Crippen LogP contribution in [0.3, 0.4) is 0 Å². The number of aryl methyl sites for hydroxylation is 1. The second-order valence-electron chi connectivity index (χ2n) is 5.66. The summed E-state index contributed by atoms with van der Waals surface area (Å²) in [5.41, 5.74) is 2.96. The molecule has 24 heavy (non-hydrogen) atoms. The van der Waals surface area contributed by atoms with Crippen LogP contribution >= 0.6 is 15.9 Å². The Morgan fingerprint density at radius 1 is 1.12 bits per heavy atom. The zero-order chi connectivity index (χ0) is 17.5. The van der Waals surface area contributed by atoms with Crippen LogP contribution in [0.1, 0.15) is 18.1 Å². The fourth-order valence-electron chi connectivity index (χ4n) is 2.37. The van der Waals surface area contributed by atoms with Crippen LogP contribution in [0.25, 0.3) is 0 Å². The summed E-state index contributed by atoms with van der Waals surface area (Å²) in [6.07, 6.45) is 0.344. The van der Waals surface area contributed by atoms with Crippen molar-refractivity contribution < 1.29 is 9.59 Å². The molecule has 0 heterocycles. The standard InChI is InChI=1S/C19H21BrN2O2/c1-14-6-8-16(9-7-14)12-19(24)21-10-11-22(15(2)23)18-5-3-4-17(20)13-18/h3-9,13H,10-12H2,1-2H3,(H,21,24). The van der Waals surface area contributed by atoms with E-state index < -0.39 is 0 Å². The number of carbonyl (C=O) groups is 2. The van der Waals surface area contributed by atoms with Crippen LogP contribution in [0.15, 0.2) is 53.0 Å². The Hall–Kier alpha value is -2.14. The summed E-state index contributed by atoms with van der Waals surface area (Å²) in [6, 6.07) is 15.4. The van der Waals surface area contributed by atoms with Crippen LogP contribution in [0, 0.1) is 6.92 Å². The van der Waals surface area contributed by atoms with Gasteiger partial charge in [-0.15, -0.1) is 0 Å². The molecule has 0 unspecified atom stereocenters. The fourth-order valence-corrected chi connectivity index (χ4v) is 2.76. The molecule has 2 aromatic carbocycles. The van der Waals surface area contributed by atoms with E-state index in [1.54, 1.807) is 4.90 Å². The van der Waals surface area contributed by atoms with Crippen molar-refractivity contribution in [1.82, 2.24) is 5.32 Å². The molecule has 2 rings (SSSR count). The highest BCUT2D eigenvalue weighted by molar-refractivity contribution is 9.10.